The molecular weight excluding hydrogens is 340 g/mol. The lowest BCUT2D eigenvalue weighted by atomic mass is 10.1. The summed E-state index contributed by atoms with van der Waals surface area (Å²) in [6, 6.07) is 17.8. The Morgan fingerprint density at radius 3 is 2.33 bits per heavy atom. The molecule has 0 bridgehead atoms. The molecule has 0 aliphatic rings. The Labute approximate surface area is 157 Å². The van der Waals surface area contributed by atoms with Gasteiger partial charge in [-0.3, -0.25) is 14.6 Å². The number of nitrogens with one attached hydrogen (secondary N) is 2. The zero-order chi connectivity index (χ0) is 19.1. The van der Waals surface area contributed by atoms with E-state index in [1.54, 1.807) is 42.6 Å². The number of benzene rings is 2. The molecule has 0 radical (unpaired) electrons. The summed E-state index contributed by atoms with van der Waals surface area (Å²) in [5.74, 6) is -0.527. The minimum atomic E-state index is -0.339. The fourth-order valence-corrected chi connectivity index (χ4v) is 2.29. The van der Waals surface area contributed by atoms with Crippen LogP contribution in [0.2, 0.25) is 0 Å². The summed E-state index contributed by atoms with van der Waals surface area (Å²) in [4.78, 5) is 28.0. The van der Waals surface area contributed by atoms with Crippen LogP contribution < -0.4 is 10.7 Å². The topological polar surface area (TPSA) is 83.5 Å². The molecule has 1 heterocycles. The fraction of sp³-hybridized carbons (Fsp3) is 0.0476. The van der Waals surface area contributed by atoms with E-state index in [0.717, 1.165) is 16.8 Å². The number of hydrogen-bond donors (Lipinski definition) is 2. The third-order valence-electron chi connectivity index (χ3n) is 3.79. The maximum absolute atomic E-state index is 12.3. The van der Waals surface area contributed by atoms with Gasteiger partial charge in [0, 0.05) is 23.6 Å². The Morgan fingerprint density at radius 1 is 0.926 bits per heavy atom. The normalized spacial score (nSPS) is 10.6. The average molecular weight is 358 g/mol. The largest absolute Gasteiger partial charge is 0.322 e. The van der Waals surface area contributed by atoms with Gasteiger partial charge in [-0.05, 0) is 48.9 Å². The maximum atomic E-state index is 12.3. The van der Waals surface area contributed by atoms with Gasteiger partial charge in [-0.15, -0.1) is 0 Å². The second-order valence-corrected chi connectivity index (χ2v) is 5.88. The van der Waals surface area contributed by atoms with E-state index < -0.39 is 0 Å². The molecule has 0 spiro atoms. The van der Waals surface area contributed by atoms with Crippen LogP contribution in [0, 0.1) is 6.92 Å². The Morgan fingerprint density at radius 2 is 1.67 bits per heavy atom. The van der Waals surface area contributed by atoms with E-state index in [9.17, 15) is 9.59 Å². The van der Waals surface area contributed by atoms with Crippen molar-refractivity contribution in [1.29, 1.82) is 0 Å². The Hall–Kier alpha value is -3.80. The van der Waals surface area contributed by atoms with Crippen molar-refractivity contribution in [3.8, 4) is 0 Å². The van der Waals surface area contributed by atoms with Gasteiger partial charge in [0.25, 0.3) is 11.8 Å². The fourth-order valence-electron chi connectivity index (χ4n) is 2.29. The van der Waals surface area contributed by atoms with E-state index in [1.807, 2.05) is 31.2 Å². The molecule has 0 atom stereocenters. The first-order valence-corrected chi connectivity index (χ1v) is 8.33. The molecule has 0 unspecified atom stereocenters. The number of pyridine rings is 1. The number of hydrogen-bond acceptors (Lipinski definition) is 4. The van der Waals surface area contributed by atoms with E-state index in [4.69, 9.17) is 0 Å². The highest BCUT2D eigenvalue weighted by atomic mass is 16.2. The van der Waals surface area contributed by atoms with Gasteiger partial charge in [0.15, 0.2) is 0 Å². The number of rotatable bonds is 5. The highest BCUT2D eigenvalue weighted by Gasteiger charge is 2.06. The maximum Gasteiger partial charge on any atom is 0.272 e. The molecule has 6 heteroatoms. The monoisotopic (exact) mass is 358 g/mol. The van der Waals surface area contributed by atoms with Gasteiger partial charge >= 0.3 is 0 Å². The van der Waals surface area contributed by atoms with Crippen molar-refractivity contribution in [2.45, 2.75) is 6.92 Å². The molecule has 134 valence electrons. The predicted molar refractivity (Wildman–Crippen MR) is 105 cm³/mol. The molecule has 0 saturated heterocycles. The molecule has 3 rings (SSSR count). The lowest BCUT2D eigenvalue weighted by Gasteiger charge is -2.06. The van der Waals surface area contributed by atoms with Gasteiger partial charge in [0.1, 0.15) is 0 Å². The number of anilines is 1. The standard InChI is InChI=1S/C21H18N4O2/c1-15-4-10-19(11-5-15)24-20(26)17-8-6-16(7-9-17)13-23-25-21(27)18-3-2-12-22-14-18/h2-14H,1H3,(H,24,26)(H,25,27). The minimum Gasteiger partial charge on any atom is -0.322 e. The van der Waals surface area contributed by atoms with Gasteiger partial charge in [-0.2, -0.15) is 5.10 Å². The second kappa shape index (κ2) is 8.53. The van der Waals surface area contributed by atoms with Crippen molar-refractivity contribution < 1.29 is 9.59 Å². The summed E-state index contributed by atoms with van der Waals surface area (Å²) in [7, 11) is 0. The number of aromatic nitrogens is 1. The first-order valence-electron chi connectivity index (χ1n) is 8.33. The first kappa shape index (κ1) is 18.0. The van der Waals surface area contributed by atoms with Crippen molar-refractivity contribution in [2.75, 3.05) is 5.32 Å². The quantitative estimate of drug-likeness (QED) is 0.541. The summed E-state index contributed by atoms with van der Waals surface area (Å²) in [5, 5.41) is 6.76. The lowest BCUT2D eigenvalue weighted by molar-refractivity contribution is 0.0954. The smallest absolute Gasteiger partial charge is 0.272 e. The van der Waals surface area contributed by atoms with E-state index >= 15 is 0 Å². The summed E-state index contributed by atoms with van der Waals surface area (Å²) in [6.45, 7) is 1.99. The van der Waals surface area contributed by atoms with E-state index in [2.05, 4.69) is 20.8 Å². The molecule has 0 aliphatic carbocycles. The van der Waals surface area contributed by atoms with Gasteiger partial charge in [-0.25, -0.2) is 5.43 Å². The number of carbonyl (C=O) groups excluding carboxylic acids is 2. The predicted octanol–water partition coefficient (Wildman–Crippen LogP) is 3.41. The highest BCUT2D eigenvalue weighted by Crippen LogP contribution is 2.11. The van der Waals surface area contributed by atoms with Crippen LogP contribution in [0.1, 0.15) is 31.8 Å². The highest BCUT2D eigenvalue weighted by molar-refractivity contribution is 6.04. The van der Waals surface area contributed by atoms with Crippen molar-refractivity contribution in [1.82, 2.24) is 10.4 Å². The number of hydrazone groups is 1. The van der Waals surface area contributed by atoms with E-state index in [-0.39, 0.29) is 11.8 Å². The number of carbonyl (C=O) groups is 2. The SMILES string of the molecule is Cc1ccc(NC(=O)c2ccc(C=NNC(=O)c3cccnc3)cc2)cc1. The van der Waals surface area contributed by atoms with Crippen LogP contribution in [0.3, 0.4) is 0 Å². The van der Waals surface area contributed by atoms with Crippen LogP contribution in [-0.2, 0) is 0 Å². The molecule has 27 heavy (non-hydrogen) atoms. The van der Waals surface area contributed by atoms with Crippen LogP contribution in [0.25, 0.3) is 0 Å². The molecule has 2 aromatic carbocycles. The van der Waals surface area contributed by atoms with Gasteiger partial charge < -0.3 is 5.32 Å². The Balaban J connectivity index is 1.57. The van der Waals surface area contributed by atoms with Crippen molar-refractivity contribution >= 4 is 23.7 Å². The lowest BCUT2D eigenvalue weighted by Crippen LogP contribution is -2.17. The summed E-state index contributed by atoms with van der Waals surface area (Å²) in [6.07, 6.45) is 4.57. The van der Waals surface area contributed by atoms with Crippen LogP contribution in [-0.4, -0.2) is 23.0 Å². The number of nitrogens with zero attached hydrogens (tertiary/aromatic N) is 2. The summed E-state index contributed by atoms with van der Waals surface area (Å²) in [5.41, 5.74) is 6.03. The van der Waals surface area contributed by atoms with E-state index in [0.29, 0.717) is 11.1 Å². The van der Waals surface area contributed by atoms with Crippen molar-refractivity contribution in [3.05, 3.63) is 95.3 Å². The van der Waals surface area contributed by atoms with Crippen LogP contribution >= 0.6 is 0 Å². The summed E-state index contributed by atoms with van der Waals surface area (Å²) >= 11 is 0. The van der Waals surface area contributed by atoms with Crippen molar-refractivity contribution in [2.24, 2.45) is 5.10 Å². The summed E-state index contributed by atoms with van der Waals surface area (Å²) < 4.78 is 0. The first-order chi connectivity index (χ1) is 13.1. The molecule has 1 aromatic heterocycles. The molecule has 2 amide bonds. The van der Waals surface area contributed by atoms with Crippen molar-refractivity contribution in [3.63, 3.8) is 0 Å². The third kappa shape index (κ3) is 5.09. The minimum absolute atomic E-state index is 0.188. The van der Waals surface area contributed by atoms with E-state index in [1.165, 1.54) is 12.4 Å². The molecule has 3 aromatic rings. The number of amides is 2. The molecular formula is C21H18N4O2. The second-order valence-electron chi connectivity index (χ2n) is 5.88. The van der Waals surface area contributed by atoms with Crippen LogP contribution in [0.15, 0.2) is 78.2 Å². The Bertz CT molecular complexity index is 950. The van der Waals surface area contributed by atoms with Gasteiger partial charge in [0.2, 0.25) is 0 Å². The van der Waals surface area contributed by atoms with Crippen LogP contribution in [0.4, 0.5) is 5.69 Å². The zero-order valence-corrected chi connectivity index (χ0v) is 14.7. The third-order valence-corrected chi connectivity index (χ3v) is 3.79. The van der Waals surface area contributed by atoms with Gasteiger partial charge in [0.05, 0.1) is 11.8 Å². The molecule has 0 aliphatic heterocycles. The molecule has 6 nitrogen and oxygen atoms in total. The van der Waals surface area contributed by atoms with Crippen LogP contribution in [0.5, 0.6) is 0 Å². The average Bonchev–Trinajstić information content (AvgIpc) is 2.71. The number of aryl methyl sites for hydroxylation is 1. The van der Waals surface area contributed by atoms with Gasteiger partial charge in [-0.1, -0.05) is 29.8 Å². The molecule has 0 fully saturated rings. The zero-order valence-electron chi connectivity index (χ0n) is 14.7. The molecule has 2 N–H and O–H groups in total. The molecule has 0 saturated carbocycles. The Kier molecular flexibility index (Phi) is 5.69.